The highest BCUT2D eigenvalue weighted by atomic mass is 35.5. The van der Waals surface area contributed by atoms with Gasteiger partial charge in [-0.05, 0) is 25.0 Å². The molecule has 2 aliphatic heterocycles. The number of benzene rings is 1. The van der Waals surface area contributed by atoms with Crippen LogP contribution in [0.5, 0.6) is 11.5 Å². The first-order valence-electron chi connectivity index (χ1n) is 9.12. The number of carbonyl (C=O) groups excluding carboxylic acids is 2. The predicted molar refractivity (Wildman–Crippen MR) is 101 cm³/mol. The molecule has 0 aromatic heterocycles. The molecule has 2 amide bonds. The number of morpholine rings is 1. The van der Waals surface area contributed by atoms with Gasteiger partial charge in [0.05, 0.1) is 38.4 Å². The van der Waals surface area contributed by atoms with E-state index in [0.29, 0.717) is 61.5 Å². The van der Waals surface area contributed by atoms with Crippen molar-refractivity contribution in [3.63, 3.8) is 0 Å². The zero-order valence-corrected chi connectivity index (χ0v) is 16.5. The fourth-order valence-electron chi connectivity index (χ4n) is 3.63. The smallest absolute Gasteiger partial charge is 0.254 e. The summed E-state index contributed by atoms with van der Waals surface area (Å²) in [6.45, 7) is 3.43. The van der Waals surface area contributed by atoms with Gasteiger partial charge in [-0.25, -0.2) is 0 Å². The van der Waals surface area contributed by atoms with Crippen molar-refractivity contribution in [2.45, 2.75) is 12.8 Å². The average Bonchev–Trinajstić information content (AvgIpc) is 2.72. The monoisotopic (exact) mass is 396 g/mol. The Morgan fingerprint density at radius 1 is 1.11 bits per heavy atom. The van der Waals surface area contributed by atoms with Crippen molar-refractivity contribution in [2.24, 2.45) is 5.92 Å². The summed E-state index contributed by atoms with van der Waals surface area (Å²) < 4.78 is 15.8. The van der Waals surface area contributed by atoms with Crippen molar-refractivity contribution in [3.05, 3.63) is 22.7 Å². The summed E-state index contributed by atoms with van der Waals surface area (Å²) in [4.78, 5) is 29.3. The summed E-state index contributed by atoms with van der Waals surface area (Å²) >= 11 is 6.23. The fourth-order valence-corrected chi connectivity index (χ4v) is 3.92. The molecule has 27 heavy (non-hydrogen) atoms. The maximum Gasteiger partial charge on any atom is 0.254 e. The van der Waals surface area contributed by atoms with Gasteiger partial charge < -0.3 is 24.0 Å². The number of halogens is 1. The van der Waals surface area contributed by atoms with Crippen molar-refractivity contribution in [1.29, 1.82) is 0 Å². The van der Waals surface area contributed by atoms with E-state index in [2.05, 4.69) is 0 Å². The number of ether oxygens (including phenoxy) is 3. The quantitative estimate of drug-likeness (QED) is 0.779. The van der Waals surface area contributed by atoms with Gasteiger partial charge in [-0.3, -0.25) is 9.59 Å². The number of piperidine rings is 1. The van der Waals surface area contributed by atoms with Gasteiger partial charge in [0.25, 0.3) is 5.91 Å². The molecule has 0 spiro atoms. The van der Waals surface area contributed by atoms with Crippen LogP contribution in [0.1, 0.15) is 23.2 Å². The molecule has 2 aliphatic rings. The van der Waals surface area contributed by atoms with Gasteiger partial charge in [0.1, 0.15) is 0 Å². The second-order valence-electron chi connectivity index (χ2n) is 6.72. The minimum absolute atomic E-state index is 0.112. The number of nitrogens with zero attached hydrogens (tertiary/aromatic N) is 2. The lowest BCUT2D eigenvalue weighted by Gasteiger charge is -2.36. The van der Waals surface area contributed by atoms with Gasteiger partial charge in [0.2, 0.25) is 5.91 Å². The third-order valence-corrected chi connectivity index (χ3v) is 5.34. The number of likely N-dealkylation sites (tertiary alicyclic amines) is 1. The predicted octanol–water partition coefficient (Wildman–Crippen LogP) is 2.07. The SMILES string of the molecule is COc1cc(C(=O)N2CCCC(C(=O)N3CCOCC3)C2)cc(Cl)c1OC. The first kappa shape index (κ1) is 19.8. The summed E-state index contributed by atoms with van der Waals surface area (Å²) in [5, 5.41) is 0.318. The molecular formula is C19H25ClN2O5. The van der Waals surface area contributed by atoms with Crippen LogP contribution in [0.25, 0.3) is 0 Å². The summed E-state index contributed by atoms with van der Waals surface area (Å²) in [5.74, 6) is 0.593. The van der Waals surface area contributed by atoms with Gasteiger partial charge in [-0.15, -0.1) is 0 Å². The Bertz CT molecular complexity index is 706. The topological polar surface area (TPSA) is 68.3 Å². The van der Waals surface area contributed by atoms with Crippen LogP contribution < -0.4 is 9.47 Å². The number of amides is 2. The number of methoxy groups -OCH3 is 2. The van der Waals surface area contributed by atoms with Crippen LogP contribution in [0.4, 0.5) is 0 Å². The molecule has 0 aliphatic carbocycles. The lowest BCUT2D eigenvalue weighted by molar-refractivity contribution is -0.141. The summed E-state index contributed by atoms with van der Waals surface area (Å²) in [6.07, 6.45) is 1.60. The van der Waals surface area contributed by atoms with Crippen molar-refractivity contribution >= 4 is 23.4 Å². The van der Waals surface area contributed by atoms with E-state index in [1.165, 1.54) is 14.2 Å². The molecule has 1 atom stereocenters. The molecule has 2 fully saturated rings. The first-order chi connectivity index (χ1) is 13.0. The van der Waals surface area contributed by atoms with Crippen molar-refractivity contribution in [1.82, 2.24) is 9.80 Å². The molecule has 0 bridgehead atoms. The Morgan fingerprint density at radius 3 is 2.52 bits per heavy atom. The van der Waals surface area contributed by atoms with Gasteiger partial charge >= 0.3 is 0 Å². The standard InChI is InChI=1S/C19H25ClN2O5/c1-25-16-11-14(10-15(20)17(16)26-2)19(24)22-5-3-4-13(12-22)18(23)21-6-8-27-9-7-21/h10-11,13H,3-9,12H2,1-2H3. The number of hydrogen-bond donors (Lipinski definition) is 0. The Hall–Kier alpha value is -1.99. The number of rotatable bonds is 4. The molecule has 148 valence electrons. The van der Waals surface area contributed by atoms with Crippen LogP contribution >= 0.6 is 11.6 Å². The lowest BCUT2D eigenvalue weighted by Crippen LogP contribution is -2.49. The van der Waals surface area contributed by atoms with Crippen LogP contribution in [0, 0.1) is 5.92 Å². The molecule has 0 saturated carbocycles. The minimum Gasteiger partial charge on any atom is -0.493 e. The van der Waals surface area contributed by atoms with Crippen LogP contribution in [-0.2, 0) is 9.53 Å². The first-order valence-corrected chi connectivity index (χ1v) is 9.50. The van der Waals surface area contributed by atoms with E-state index >= 15 is 0 Å². The minimum atomic E-state index is -0.170. The summed E-state index contributed by atoms with van der Waals surface area (Å²) in [7, 11) is 3.00. The molecule has 0 radical (unpaired) electrons. The Kier molecular flexibility index (Phi) is 6.44. The lowest BCUT2D eigenvalue weighted by atomic mass is 9.95. The molecular weight excluding hydrogens is 372 g/mol. The van der Waals surface area contributed by atoms with Crippen LogP contribution in [0.2, 0.25) is 5.02 Å². The molecule has 2 saturated heterocycles. The van der Waals surface area contributed by atoms with Gasteiger partial charge in [-0.1, -0.05) is 11.6 Å². The van der Waals surface area contributed by atoms with E-state index in [4.69, 9.17) is 25.8 Å². The van der Waals surface area contributed by atoms with Crippen molar-refractivity contribution in [2.75, 3.05) is 53.6 Å². The van der Waals surface area contributed by atoms with Gasteiger partial charge in [-0.2, -0.15) is 0 Å². The molecule has 2 heterocycles. The third kappa shape index (κ3) is 4.30. The Balaban J connectivity index is 1.73. The number of carbonyl (C=O) groups is 2. The highest BCUT2D eigenvalue weighted by Crippen LogP contribution is 2.36. The average molecular weight is 397 g/mol. The van der Waals surface area contributed by atoms with E-state index in [1.54, 1.807) is 17.0 Å². The molecule has 3 rings (SSSR count). The maximum atomic E-state index is 13.0. The number of hydrogen-bond acceptors (Lipinski definition) is 5. The molecule has 0 N–H and O–H groups in total. The van der Waals surface area contributed by atoms with E-state index in [0.717, 1.165) is 12.8 Å². The zero-order valence-electron chi connectivity index (χ0n) is 15.7. The second-order valence-corrected chi connectivity index (χ2v) is 7.13. The van der Waals surface area contributed by atoms with Crippen LogP contribution in [-0.4, -0.2) is 75.2 Å². The Labute approximate surface area is 164 Å². The molecule has 1 aromatic carbocycles. The van der Waals surface area contributed by atoms with Crippen molar-refractivity contribution < 1.29 is 23.8 Å². The van der Waals surface area contributed by atoms with Crippen LogP contribution in [0.15, 0.2) is 12.1 Å². The fraction of sp³-hybridized carbons (Fsp3) is 0.579. The van der Waals surface area contributed by atoms with Gasteiger partial charge in [0.15, 0.2) is 11.5 Å². The van der Waals surface area contributed by atoms with E-state index in [1.807, 2.05) is 4.90 Å². The highest BCUT2D eigenvalue weighted by molar-refractivity contribution is 6.32. The molecule has 1 aromatic rings. The largest absolute Gasteiger partial charge is 0.493 e. The molecule has 7 nitrogen and oxygen atoms in total. The zero-order chi connectivity index (χ0) is 19.4. The van der Waals surface area contributed by atoms with Crippen LogP contribution in [0.3, 0.4) is 0 Å². The molecule has 1 unspecified atom stereocenters. The van der Waals surface area contributed by atoms with E-state index in [9.17, 15) is 9.59 Å². The Morgan fingerprint density at radius 2 is 1.85 bits per heavy atom. The molecule has 8 heteroatoms. The summed E-state index contributed by atoms with van der Waals surface area (Å²) in [5.41, 5.74) is 0.428. The highest BCUT2D eigenvalue weighted by Gasteiger charge is 2.32. The summed E-state index contributed by atoms with van der Waals surface area (Å²) in [6, 6.07) is 3.21. The van der Waals surface area contributed by atoms with E-state index < -0.39 is 0 Å². The normalized spacial score (nSPS) is 20.3. The van der Waals surface area contributed by atoms with Gasteiger partial charge in [0, 0.05) is 31.7 Å². The van der Waals surface area contributed by atoms with Crippen molar-refractivity contribution in [3.8, 4) is 11.5 Å². The second kappa shape index (κ2) is 8.80. The maximum absolute atomic E-state index is 13.0. The van der Waals surface area contributed by atoms with E-state index in [-0.39, 0.29) is 17.7 Å². The third-order valence-electron chi connectivity index (χ3n) is 5.06.